The standard InChI is InChI=1S/C60H38N4/c1-2-18-39(19-3-1)61-54-32-16-9-25-46(54)59-57(61)36-37-58-60(59)47-26-10-17-33-55(47)62(58)40-34-35-56-48(38-40)45-24-8-15-31-53(45)64(56)52-30-14-7-23-44(52)43-22-6-13-29-51(43)63-49-27-11-4-20-41(49)42-21-5-12-28-50(42)63/h1-38H. The summed E-state index contributed by atoms with van der Waals surface area (Å²) in [6.07, 6.45) is 0. The molecule has 0 saturated heterocycles. The molecular formula is C60H38N4. The number of rotatable bonds is 5. The average Bonchev–Trinajstić information content (AvgIpc) is 4.09. The molecule has 4 heteroatoms. The normalized spacial score (nSPS) is 12.1. The van der Waals surface area contributed by atoms with Gasteiger partial charge in [0.15, 0.2) is 0 Å². The summed E-state index contributed by atoms with van der Waals surface area (Å²) in [7, 11) is 0. The minimum Gasteiger partial charge on any atom is -0.309 e. The number of fused-ring (bicyclic) bond motifs is 13. The first-order chi connectivity index (χ1) is 31.8. The monoisotopic (exact) mass is 814 g/mol. The molecule has 10 aromatic carbocycles. The van der Waals surface area contributed by atoms with E-state index in [-0.39, 0.29) is 0 Å². The zero-order valence-corrected chi connectivity index (χ0v) is 34.7. The highest BCUT2D eigenvalue weighted by Gasteiger charge is 2.23. The summed E-state index contributed by atoms with van der Waals surface area (Å²) >= 11 is 0. The molecule has 14 aromatic rings. The molecule has 0 aliphatic carbocycles. The van der Waals surface area contributed by atoms with E-state index in [1.807, 2.05) is 0 Å². The van der Waals surface area contributed by atoms with Crippen molar-refractivity contribution in [3.63, 3.8) is 0 Å². The minimum atomic E-state index is 1.14. The van der Waals surface area contributed by atoms with Crippen molar-refractivity contribution in [1.29, 1.82) is 0 Å². The number of hydrogen-bond donors (Lipinski definition) is 0. The van der Waals surface area contributed by atoms with Crippen LogP contribution in [0.25, 0.3) is 121 Å². The van der Waals surface area contributed by atoms with Crippen molar-refractivity contribution in [1.82, 2.24) is 18.3 Å². The smallest absolute Gasteiger partial charge is 0.0548 e. The van der Waals surface area contributed by atoms with Gasteiger partial charge in [-0.25, -0.2) is 0 Å². The number of hydrogen-bond acceptors (Lipinski definition) is 0. The number of aromatic nitrogens is 4. The van der Waals surface area contributed by atoms with Gasteiger partial charge in [-0.2, -0.15) is 0 Å². The second-order valence-corrected chi connectivity index (χ2v) is 16.9. The van der Waals surface area contributed by atoms with Crippen LogP contribution in [-0.4, -0.2) is 18.3 Å². The fourth-order valence-electron chi connectivity index (χ4n) is 11.0. The molecule has 0 bridgehead atoms. The van der Waals surface area contributed by atoms with Crippen LogP contribution in [-0.2, 0) is 0 Å². The van der Waals surface area contributed by atoms with E-state index in [2.05, 4.69) is 249 Å². The highest BCUT2D eigenvalue weighted by molar-refractivity contribution is 6.29. The van der Waals surface area contributed by atoms with Crippen LogP contribution in [0.2, 0.25) is 0 Å². The molecule has 0 atom stereocenters. The minimum absolute atomic E-state index is 1.14. The zero-order chi connectivity index (χ0) is 41.9. The van der Waals surface area contributed by atoms with Crippen LogP contribution in [0.4, 0.5) is 0 Å². The van der Waals surface area contributed by atoms with Crippen LogP contribution in [0.3, 0.4) is 0 Å². The van der Waals surface area contributed by atoms with Gasteiger partial charge in [-0.15, -0.1) is 0 Å². The van der Waals surface area contributed by atoms with Gasteiger partial charge < -0.3 is 18.3 Å². The second kappa shape index (κ2) is 13.4. The Bertz CT molecular complexity index is 4140. The summed E-state index contributed by atoms with van der Waals surface area (Å²) in [6, 6.07) is 84.4. The van der Waals surface area contributed by atoms with E-state index in [0.29, 0.717) is 0 Å². The van der Waals surface area contributed by atoms with E-state index in [4.69, 9.17) is 0 Å². The first-order valence-electron chi connectivity index (χ1n) is 22.0. The van der Waals surface area contributed by atoms with Gasteiger partial charge in [0.05, 0.1) is 55.5 Å². The first kappa shape index (κ1) is 35.0. The quantitative estimate of drug-likeness (QED) is 0.165. The molecule has 4 nitrogen and oxygen atoms in total. The van der Waals surface area contributed by atoms with Crippen LogP contribution in [0, 0.1) is 0 Å². The Kier molecular flexibility index (Phi) is 7.36. The maximum atomic E-state index is 2.47. The van der Waals surface area contributed by atoms with Crippen LogP contribution in [0.1, 0.15) is 0 Å². The summed E-state index contributed by atoms with van der Waals surface area (Å²) in [6.45, 7) is 0. The van der Waals surface area contributed by atoms with Crippen LogP contribution >= 0.6 is 0 Å². The van der Waals surface area contributed by atoms with Gasteiger partial charge in [0.25, 0.3) is 0 Å². The zero-order valence-electron chi connectivity index (χ0n) is 34.7. The first-order valence-corrected chi connectivity index (χ1v) is 22.0. The van der Waals surface area contributed by atoms with E-state index in [0.717, 1.165) is 22.7 Å². The predicted octanol–water partition coefficient (Wildman–Crippen LogP) is 15.7. The van der Waals surface area contributed by atoms with Gasteiger partial charge in [0, 0.05) is 65.6 Å². The lowest BCUT2D eigenvalue weighted by Crippen LogP contribution is -2.01. The third-order valence-corrected chi connectivity index (χ3v) is 13.6. The molecule has 0 spiro atoms. The molecular weight excluding hydrogens is 777 g/mol. The molecule has 0 radical (unpaired) electrons. The third kappa shape index (κ3) is 4.82. The lowest BCUT2D eigenvalue weighted by atomic mass is 10.0. The molecule has 0 unspecified atom stereocenters. The fourth-order valence-corrected chi connectivity index (χ4v) is 11.0. The van der Waals surface area contributed by atoms with Gasteiger partial charge in [-0.1, -0.05) is 146 Å². The van der Waals surface area contributed by atoms with Crippen molar-refractivity contribution in [2.45, 2.75) is 0 Å². The van der Waals surface area contributed by atoms with E-state index < -0.39 is 0 Å². The summed E-state index contributed by atoms with van der Waals surface area (Å²) in [5, 5.41) is 10.0. The Morgan fingerprint density at radius 1 is 0.203 bits per heavy atom. The topological polar surface area (TPSA) is 19.7 Å². The Balaban J connectivity index is 1.00. The highest BCUT2D eigenvalue weighted by Crippen LogP contribution is 2.44. The lowest BCUT2D eigenvalue weighted by molar-refractivity contribution is 1.15. The molecule has 14 rings (SSSR count). The Hall–Kier alpha value is -8.60. The maximum absolute atomic E-state index is 2.47. The number of para-hydroxylation sites is 8. The maximum Gasteiger partial charge on any atom is 0.0548 e. The van der Waals surface area contributed by atoms with Crippen LogP contribution in [0.15, 0.2) is 231 Å². The third-order valence-electron chi connectivity index (χ3n) is 13.6. The van der Waals surface area contributed by atoms with E-state index in [1.165, 1.54) is 98.4 Å². The van der Waals surface area contributed by atoms with Crippen molar-refractivity contribution in [2.75, 3.05) is 0 Å². The summed E-state index contributed by atoms with van der Waals surface area (Å²) < 4.78 is 9.80. The SMILES string of the molecule is c1ccc(-n2c3ccccc3c3c4c5ccccc5n(-c5ccc6c(c5)c5ccccc5n6-c5ccccc5-c5ccccc5-n5c6ccccc6c6ccccc65)c4ccc32)cc1. The summed E-state index contributed by atoms with van der Waals surface area (Å²) in [5.41, 5.74) is 16.5. The molecule has 0 saturated carbocycles. The van der Waals surface area contributed by atoms with Crippen molar-refractivity contribution in [3.05, 3.63) is 231 Å². The average molecular weight is 815 g/mol. The highest BCUT2D eigenvalue weighted by atomic mass is 15.0. The van der Waals surface area contributed by atoms with Gasteiger partial charge in [-0.05, 0) is 84.9 Å². The van der Waals surface area contributed by atoms with Crippen LogP contribution < -0.4 is 0 Å². The van der Waals surface area contributed by atoms with Crippen molar-refractivity contribution in [3.8, 4) is 33.9 Å². The molecule has 298 valence electrons. The van der Waals surface area contributed by atoms with E-state index >= 15 is 0 Å². The van der Waals surface area contributed by atoms with E-state index in [9.17, 15) is 0 Å². The van der Waals surface area contributed by atoms with Gasteiger partial charge >= 0.3 is 0 Å². The number of nitrogens with zero attached hydrogens (tertiary/aromatic N) is 4. The molecule has 0 N–H and O–H groups in total. The summed E-state index contributed by atoms with van der Waals surface area (Å²) in [4.78, 5) is 0. The molecule has 0 amide bonds. The van der Waals surface area contributed by atoms with Crippen molar-refractivity contribution in [2.24, 2.45) is 0 Å². The Morgan fingerprint density at radius 2 is 0.547 bits per heavy atom. The predicted molar refractivity (Wildman–Crippen MR) is 269 cm³/mol. The fraction of sp³-hybridized carbons (Fsp3) is 0. The van der Waals surface area contributed by atoms with Gasteiger partial charge in [0.1, 0.15) is 0 Å². The molecule has 4 heterocycles. The Labute approximate surface area is 368 Å². The lowest BCUT2D eigenvalue weighted by Gasteiger charge is -2.18. The largest absolute Gasteiger partial charge is 0.309 e. The van der Waals surface area contributed by atoms with Gasteiger partial charge in [0.2, 0.25) is 0 Å². The molecule has 0 fully saturated rings. The van der Waals surface area contributed by atoms with Crippen molar-refractivity contribution < 1.29 is 0 Å². The van der Waals surface area contributed by atoms with Gasteiger partial charge in [-0.3, -0.25) is 0 Å². The summed E-state index contributed by atoms with van der Waals surface area (Å²) in [5.74, 6) is 0. The molecule has 4 aromatic heterocycles. The second-order valence-electron chi connectivity index (χ2n) is 16.9. The van der Waals surface area contributed by atoms with E-state index in [1.54, 1.807) is 0 Å². The van der Waals surface area contributed by atoms with Crippen LogP contribution in [0.5, 0.6) is 0 Å². The van der Waals surface area contributed by atoms with Crippen molar-refractivity contribution >= 4 is 87.2 Å². The molecule has 64 heavy (non-hydrogen) atoms. The molecule has 0 aliphatic rings. The molecule has 0 aliphatic heterocycles. The Morgan fingerprint density at radius 3 is 1.05 bits per heavy atom. The number of benzene rings is 10.